The van der Waals surface area contributed by atoms with Crippen molar-refractivity contribution in [1.29, 1.82) is 5.41 Å². The summed E-state index contributed by atoms with van der Waals surface area (Å²) < 4.78 is 0. The maximum absolute atomic E-state index is 11.5. The van der Waals surface area contributed by atoms with Crippen LogP contribution in [0, 0.1) is 5.41 Å². The van der Waals surface area contributed by atoms with Crippen molar-refractivity contribution in [3.05, 3.63) is 24.8 Å². The summed E-state index contributed by atoms with van der Waals surface area (Å²) >= 11 is 0. The Bertz CT molecular complexity index is 282. The highest BCUT2D eigenvalue weighted by atomic mass is 16.2. The number of carbonyl (C=O) groups is 1. The van der Waals surface area contributed by atoms with Gasteiger partial charge in [-0.05, 0) is 18.9 Å². The molecule has 0 aliphatic carbocycles. The standard InChI is InChI=1S/C13H22N2O/c1-5-8-9-10-11(14)12(6-2)15(4)13(16)7-3/h5,9-10,12,14H,1,6-8H2,2-4H3/b10-9+,14-11?/t12-/m0/s1. The summed E-state index contributed by atoms with van der Waals surface area (Å²) in [6.07, 6.45) is 7.43. The van der Waals surface area contributed by atoms with E-state index in [-0.39, 0.29) is 11.9 Å². The first kappa shape index (κ1) is 14.6. The van der Waals surface area contributed by atoms with Crippen LogP contribution in [0.4, 0.5) is 0 Å². The molecule has 0 fully saturated rings. The van der Waals surface area contributed by atoms with E-state index in [0.29, 0.717) is 12.1 Å². The van der Waals surface area contributed by atoms with Crippen molar-refractivity contribution >= 4 is 11.6 Å². The third kappa shape index (κ3) is 4.43. The molecule has 3 heteroatoms. The van der Waals surface area contributed by atoms with Gasteiger partial charge >= 0.3 is 0 Å². The van der Waals surface area contributed by atoms with Gasteiger partial charge in [0.15, 0.2) is 0 Å². The predicted octanol–water partition coefficient (Wildman–Crippen LogP) is 2.79. The van der Waals surface area contributed by atoms with Gasteiger partial charge in [0, 0.05) is 13.5 Å². The van der Waals surface area contributed by atoms with Gasteiger partial charge < -0.3 is 10.3 Å². The molecule has 16 heavy (non-hydrogen) atoms. The molecule has 3 nitrogen and oxygen atoms in total. The Labute approximate surface area is 98.3 Å². The first-order valence-corrected chi connectivity index (χ1v) is 5.69. The maximum Gasteiger partial charge on any atom is 0.222 e. The average molecular weight is 222 g/mol. The minimum atomic E-state index is -0.117. The van der Waals surface area contributed by atoms with Crippen LogP contribution in [0.1, 0.15) is 33.1 Å². The molecule has 0 unspecified atom stereocenters. The Kier molecular flexibility index (Phi) is 7.18. The summed E-state index contributed by atoms with van der Waals surface area (Å²) in [5.74, 6) is 0.0775. The zero-order valence-electron chi connectivity index (χ0n) is 10.5. The molecule has 0 bridgehead atoms. The summed E-state index contributed by atoms with van der Waals surface area (Å²) in [5, 5.41) is 7.91. The number of nitrogens with zero attached hydrogens (tertiary/aromatic N) is 1. The quantitative estimate of drug-likeness (QED) is 0.522. The second-order valence-electron chi connectivity index (χ2n) is 3.66. The molecule has 1 atom stereocenters. The molecule has 0 aromatic carbocycles. The van der Waals surface area contributed by atoms with E-state index in [0.717, 1.165) is 12.8 Å². The molecule has 0 aromatic rings. The second-order valence-corrected chi connectivity index (χ2v) is 3.66. The van der Waals surface area contributed by atoms with E-state index in [4.69, 9.17) is 5.41 Å². The van der Waals surface area contributed by atoms with E-state index in [1.165, 1.54) is 0 Å². The molecular formula is C13H22N2O. The van der Waals surface area contributed by atoms with E-state index in [1.54, 1.807) is 24.1 Å². The van der Waals surface area contributed by atoms with Crippen molar-refractivity contribution < 1.29 is 4.79 Å². The fourth-order valence-electron chi connectivity index (χ4n) is 1.53. The highest BCUT2D eigenvalue weighted by molar-refractivity contribution is 5.98. The van der Waals surface area contributed by atoms with Gasteiger partial charge in [-0.3, -0.25) is 4.79 Å². The number of hydrogen-bond acceptors (Lipinski definition) is 2. The molecule has 1 amide bonds. The maximum atomic E-state index is 11.5. The van der Waals surface area contributed by atoms with Crippen molar-refractivity contribution in [2.75, 3.05) is 7.05 Å². The Hall–Kier alpha value is -1.38. The van der Waals surface area contributed by atoms with E-state index in [2.05, 4.69) is 6.58 Å². The predicted molar refractivity (Wildman–Crippen MR) is 68.8 cm³/mol. The lowest BCUT2D eigenvalue weighted by Gasteiger charge is -2.26. The van der Waals surface area contributed by atoms with Gasteiger partial charge in [0.25, 0.3) is 0 Å². The zero-order chi connectivity index (χ0) is 12.6. The summed E-state index contributed by atoms with van der Waals surface area (Å²) in [6, 6.07) is -0.117. The van der Waals surface area contributed by atoms with Crippen molar-refractivity contribution in [3.63, 3.8) is 0 Å². The number of allylic oxidation sites excluding steroid dienone is 2. The molecule has 0 spiro atoms. The molecule has 0 radical (unpaired) electrons. The molecule has 0 aromatic heterocycles. The van der Waals surface area contributed by atoms with Gasteiger partial charge in [0.05, 0.1) is 11.8 Å². The van der Waals surface area contributed by atoms with Crippen molar-refractivity contribution in [3.8, 4) is 0 Å². The number of amides is 1. The molecular weight excluding hydrogens is 200 g/mol. The molecule has 0 rings (SSSR count). The summed E-state index contributed by atoms with van der Waals surface area (Å²) in [7, 11) is 1.76. The Morgan fingerprint density at radius 1 is 1.50 bits per heavy atom. The van der Waals surface area contributed by atoms with Gasteiger partial charge in [-0.25, -0.2) is 0 Å². The molecule has 0 aliphatic heterocycles. The van der Waals surface area contributed by atoms with Crippen LogP contribution in [0.5, 0.6) is 0 Å². The number of nitrogens with one attached hydrogen (secondary N) is 1. The van der Waals surface area contributed by atoms with Gasteiger partial charge in [0.2, 0.25) is 5.91 Å². The number of rotatable bonds is 7. The third-order valence-corrected chi connectivity index (χ3v) is 2.51. The molecule has 0 heterocycles. The molecule has 90 valence electrons. The average Bonchev–Trinajstić information content (AvgIpc) is 2.29. The minimum absolute atomic E-state index is 0.0775. The number of hydrogen-bond donors (Lipinski definition) is 1. The second kappa shape index (κ2) is 7.85. The van der Waals surface area contributed by atoms with E-state index in [1.807, 2.05) is 19.9 Å². The van der Waals surface area contributed by atoms with Crippen LogP contribution < -0.4 is 0 Å². The molecule has 1 N–H and O–H groups in total. The van der Waals surface area contributed by atoms with Crippen LogP contribution in [0.25, 0.3) is 0 Å². The van der Waals surface area contributed by atoms with Crippen LogP contribution >= 0.6 is 0 Å². The monoisotopic (exact) mass is 222 g/mol. The summed E-state index contributed by atoms with van der Waals surface area (Å²) in [4.78, 5) is 13.2. The summed E-state index contributed by atoms with van der Waals surface area (Å²) in [6.45, 7) is 7.44. The minimum Gasteiger partial charge on any atom is -0.337 e. The van der Waals surface area contributed by atoms with Gasteiger partial charge in [-0.15, -0.1) is 6.58 Å². The van der Waals surface area contributed by atoms with Crippen molar-refractivity contribution in [2.45, 2.75) is 39.2 Å². The lowest BCUT2D eigenvalue weighted by Crippen LogP contribution is -2.40. The van der Waals surface area contributed by atoms with E-state index in [9.17, 15) is 4.79 Å². The van der Waals surface area contributed by atoms with Crippen LogP contribution in [0.3, 0.4) is 0 Å². The smallest absolute Gasteiger partial charge is 0.222 e. The highest BCUT2D eigenvalue weighted by Gasteiger charge is 2.19. The highest BCUT2D eigenvalue weighted by Crippen LogP contribution is 2.06. The lowest BCUT2D eigenvalue weighted by molar-refractivity contribution is -0.130. The molecule has 0 saturated carbocycles. The van der Waals surface area contributed by atoms with Gasteiger partial charge in [-0.1, -0.05) is 26.0 Å². The van der Waals surface area contributed by atoms with Crippen molar-refractivity contribution in [2.24, 2.45) is 0 Å². The molecule has 0 saturated heterocycles. The van der Waals surface area contributed by atoms with Crippen LogP contribution in [0.2, 0.25) is 0 Å². The summed E-state index contributed by atoms with van der Waals surface area (Å²) in [5.41, 5.74) is 0.480. The normalized spacial score (nSPS) is 12.4. The first-order valence-electron chi connectivity index (χ1n) is 5.69. The SMILES string of the molecule is C=CC/C=C/C(=N)[C@H](CC)N(C)C(=O)CC. The lowest BCUT2D eigenvalue weighted by atomic mass is 10.1. The van der Waals surface area contributed by atoms with Crippen LogP contribution in [-0.4, -0.2) is 29.6 Å². The van der Waals surface area contributed by atoms with E-state index < -0.39 is 0 Å². The topological polar surface area (TPSA) is 44.2 Å². The number of carbonyl (C=O) groups excluding carboxylic acids is 1. The van der Waals surface area contributed by atoms with Gasteiger partial charge in [0.1, 0.15) is 0 Å². The Morgan fingerprint density at radius 2 is 2.12 bits per heavy atom. The Balaban J connectivity index is 4.53. The fourth-order valence-corrected chi connectivity index (χ4v) is 1.53. The van der Waals surface area contributed by atoms with E-state index >= 15 is 0 Å². The zero-order valence-corrected chi connectivity index (χ0v) is 10.5. The Morgan fingerprint density at radius 3 is 2.56 bits per heavy atom. The van der Waals surface area contributed by atoms with Crippen molar-refractivity contribution in [1.82, 2.24) is 4.90 Å². The first-order chi connectivity index (χ1) is 7.58. The fraction of sp³-hybridized carbons (Fsp3) is 0.538. The van der Waals surface area contributed by atoms with Gasteiger partial charge in [-0.2, -0.15) is 0 Å². The molecule has 0 aliphatic rings. The third-order valence-electron chi connectivity index (χ3n) is 2.51. The van der Waals surface area contributed by atoms with Crippen LogP contribution in [0.15, 0.2) is 24.8 Å². The largest absolute Gasteiger partial charge is 0.337 e. The van der Waals surface area contributed by atoms with Crippen LogP contribution in [-0.2, 0) is 4.79 Å².